The van der Waals surface area contributed by atoms with E-state index >= 15 is 0 Å². The van der Waals surface area contributed by atoms with Crippen molar-refractivity contribution in [2.24, 2.45) is 0 Å². The lowest BCUT2D eigenvalue weighted by Gasteiger charge is -2.11. The summed E-state index contributed by atoms with van der Waals surface area (Å²) in [5.74, 6) is 1.14. The van der Waals surface area contributed by atoms with E-state index in [1.54, 1.807) is 4.57 Å². The van der Waals surface area contributed by atoms with Crippen molar-refractivity contribution in [3.8, 4) is 6.07 Å². The van der Waals surface area contributed by atoms with Crippen LogP contribution < -0.4 is 5.56 Å². The molecule has 8 heteroatoms. The highest BCUT2D eigenvalue weighted by atomic mass is 32.2. The van der Waals surface area contributed by atoms with Gasteiger partial charge in [0.15, 0.2) is 5.16 Å². The van der Waals surface area contributed by atoms with Gasteiger partial charge in [-0.25, -0.2) is 0 Å². The molecule has 0 saturated carbocycles. The first-order valence-electron chi connectivity index (χ1n) is 10.7. The fourth-order valence-corrected chi connectivity index (χ4v) is 5.02. The van der Waals surface area contributed by atoms with Crippen LogP contribution in [0.3, 0.4) is 0 Å². The first-order valence-corrected chi connectivity index (χ1v) is 11.7. The minimum Gasteiger partial charge on any atom is -0.322 e. The number of hydrogen-bond donors (Lipinski definition) is 0. The molecule has 32 heavy (non-hydrogen) atoms. The Labute approximate surface area is 188 Å². The molecular formula is C24H22N6OS. The van der Waals surface area contributed by atoms with Crippen LogP contribution in [0.25, 0.3) is 22.2 Å². The van der Waals surface area contributed by atoms with Crippen molar-refractivity contribution in [3.05, 3.63) is 76.3 Å². The van der Waals surface area contributed by atoms with E-state index in [2.05, 4.69) is 23.2 Å². The first kappa shape index (κ1) is 20.3. The van der Waals surface area contributed by atoms with Crippen molar-refractivity contribution in [2.75, 3.05) is 0 Å². The lowest BCUT2D eigenvalue weighted by molar-refractivity contribution is 0.594. The Morgan fingerprint density at radius 2 is 1.88 bits per heavy atom. The zero-order chi connectivity index (χ0) is 22.1. The predicted molar refractivity (Wildman–Crippen MR) is 126 cm³/mol. The number of thioether (sulfide) groups is 1. The molecule has 0 bridgehead atoms. The number of benzene rings is 1. The van der Waals surface area contributed by atoms with Crippen LogP contribution in [0.15, 0.2) is 64.8 Å². The van der Waals surface area contributed by atoms with E-state index in [1.807, 2.05) is 63.7 Å². The molecule has 0 atom stereocenters. The van der Waals surface area contributed by atoms with Crippen molar-refractivity contribution < 1.29 is 0 Å². The number of fused-ring (bicyclic) bond motifs is 4. The zero-order valence-electron chi connectivity index (χ0n) is 17.7. The summed E-state index contributed by atoms with van der Waals surface area (Å²) in [6.45, 7) is 2.76. The van der Waals surface area contributed by atoms with Crippen LogP contribution in [-0.2, 0) is 12.3 Å². The number of para-hydroxylation sites is 1. The van der Waals surface area contributed by atoms with Gasteiger partial charge in [-0.2, -0.15) is 5.26 Å². The van der Waals surface area contributed by atoms with Crippen molar-refractivity contribution in [1.29, 1.82) is 5.26 Å². The number of nitriles is 1. The third-order valence-electron chi connectivity index (χ3n) is 5.69. The molecule has 0 aliphatic carbocycles. The van der Waals surface area contributed by atoms with Gasteiger partial charge in [-0.05, 0) is 36.2 Å². The average molecular weight is 443 g/mol. The van der Waals surface area contributed by atoms with E-state index in [0.717, 1.165) is 35.9 Å². The van der Waals surface area contributed by atoms with Gasteiger partial charge >= 0.3 is 0 Å². The van der Waals surface area contributed by atoms with Crippen LogP contribution in [0.2, 0.25) is 0 Å². The van der Waals surface area contributed by atoms with Crippen LogP contribution in [0.1, 0.15) is 37.3 Å². The highest BCUT2D eigenvalue weighted by Gasteiger charge is 2.18. The summed E-state index contributed by atoms with van der Waals surface area (Å²) in [5.41, 5.74) is 3.29. The molecule has 4 aromatic heterocycles. The fraction of sp³-hybridized carbons (Fsp3) is 0.250. The molecule has 1 aromatic carbocycles. The van der Waals surface area contributed by atoms with E-state index in [4.69, 9.17) is 0 Å². The summed E-state index contributed by atoms with van der Waals surface area (Å²) < 4.78 is 5.68. The highest BCUT2D eigenvalue weighted by molar-refractivity contribution is 7.98. The average Bonchev–Trinajstić information content (AvgIpc) is 3.41. The third-order valence-corrected chi connectivity index (χ3v) is 6.67. The minimum atomic E-state index is -0.0291. The summed E-state index contributed by atoms with van der Waals surface area (Å²) >= 11 is 1.52. The maximum Gasteiger partial charge on any atom is 0.262 e. The molecule has 0 spiro atoms. The number of rotatable bonds is 7. The Balaban J connectivity index is 1.59. The maximum atomic E-state index is 13.1. The number of unbranched alkanes of at least 4 members (excludes halogenated alkanes) is 2. The fourth-order valence-electron chi connectivity index (χ4n) is 4.11. The van der Waals surface area contributed by atoms with E-state index in [1.165, 1.54) is 11.8 Å². The minimum absolute atomic E-state index is 0.0291. The van der Waals surface area contributed by atoms with E-state index in [9.17, 15) is 10.1 Å². The predicted octanol–water partition coefficient (Wildman–Crippen LogP) is 4.65. The third kappa shape index (κ3) is 3.35. The second kappa shape index (κ2) is 8.52. The van der Waals surface area contributed by atoms with Gasteiger partial charge in [0.25, 0.3) is 5.56 Å². The van der Waals surface area contributed by atoms with Crippen molar-refractivity contribution >= 4 is 34.0 Å². The van der Waals surface area contributed by atoms with E-state index in [-0.39, 0.29) is 5.56 Å². The molecular weight excluding hydrogens is 420 g/mol. The van der Waals surface area contributed by atoms with E-state index in [0.29, 0.717) is 34.2 Å². The van der Waals surface area contributed by atoms with Gasteiger partial charge in [-0.3, -0.25) is 13.8 Å². The Bertz CT molecular complexity index is 1540. The molecule has 0 saturated heterocycles. The largest absolute Gasteiger partial charge is 0.322 e. The van der Waals surface area contributed by atoms with Gasteiger partial charge in [-0.15, -0.1) is 10.2 Å². The van der Waals surface area contributed by atoms with Crippen molar-refractivity contribution in [3.63, 3.8) is 0 Å². The topological polar surface area (TPSA) is 80.4 Å². The SMILES string of the molecule is CCCCCn1c(=O)c2ccccc2n2c(SCc3cn4ccccc4c3C#N)nnc12. The van der Waals surface area contributed by atoms with Crippen LogP contribution in [0.5, 0.6) is 0 Å². The van der Waals surface area contributed by atoms with Gasteiger partial charge in [0.1, 0.15) is 6.07 Å². The van der Waals surface area contributed by atoms with E-state index < -0.39 is 0 Å². The number of aryl methyl sites for hydroxylation is 1. The smallest absolute Gasteiger partial charge is 0.262 e. The lowest BCUT2D eigenvalue weighted by Crippen LogP contribution is -2.23. The quantitative estimate of drug-likeness (QED) is 0.271. The van der Waals surface area contributed by atoms with Gasteiger partial charge in [0.05, 0.1) is 22.0 Å². The summed E-state index contributed by atoms with van der Waals surface area (Å²) in [6.07, 6.45) is 6.99. The molecule has 5 rings (SSSR count). The van der Waals surface area contributed by atoms with Crippen LogP contribution in [0.4, 0.5) is 0 Å². The molecule has 0 fully saturated rings. The highest BCUT2D eigenvalue weighted by Crippen LogP contribution is 2.28. The summed E-state index contributed by atoms with van der Waals surface area (Å²) in [4.78, 5) is 13.1. The molecule has 0 unspecified atom stereocenters. The number of nitrogens with zero attached hydrogens (tertiary/aromatic N) is 6. The molecule has 0 N–H and O–H groups in total. The Hall–Kier alpha value is -3.57. The molecule has 4 heterocycles. The normalized spacial score (nSPS) is 11.5. The zero-order valence-corrected chi connectivity index (χ0v) is 18.5. The van der Waals surface area contributed by atoms with Gasteiger partial charge in [0, 0.05) is 24.7 Å². The standard InChI is InChI=1S/C24H22N6OS/c1-2-3-7-13-29-22(31)18-9-4-5-11-21(18)30-23(29)26-27-24(30)32-16-17-15-28-12-8-6-10-20(28)19(17)14-25/h4-6,8-12,15H,2-3,7,13,16H2,1H3. The summed E-state index contributed by atoms with van der Waals surface area (Å²) in [6, 6.07) is 15.8. The Morgan fingerprint density at radius 3 is 2.72 bits per heavy atom. The van der Waals surface area contributed by atoms with Crippen LogP contribution in [0, 0.1) is 11.3 Å². The lowest BCUT2D eigenvalue weighted by atomic mass is 10.2. The molecule has 160 valence electrons. The van der Waals surface area contributed by atoms with Gasteiger partial charge in [0.2, 0.25) is 5.78 Å². The molecule has 5 aromatic rings. The Kier molecular flexibility index (Phi) is 5.41. The Morgan fingerprint density at radius 1 is 1.06 bits per heavy atom. The molecule has 0 radical (unpaired) electrons. The van der Waals surface area contributed by atoms with Gasteiger partial charge < -0.3 is 4.40 Å². The maximum absolute atomic E-state index is 13.1. The summed E-state index contributed by atoms with van der Waals surface area (Å²) in [5, 5.41) is 19.9. The first-order chi connectivity index (χ1) is 15.7. The van der Waals surface area contributed by atoms with Crippen LogP contribution in [-0.4, -0.2) is 23.6 Å². The molecule has 0 amide bonds. The molecule has 7 nitrogen and oxygen atoms in total. The number of hydrogen-bond acceptors (Lipinski definition) is 5. The number of pyridine rings is 1. The summed E-state index contributed by atoms with van der Waals surface area (Å²) in [7, 11) is 0. The number of aromatic nitrogens is 5. The van der Waals surface area contributed by atoms with Crippen molar-refractivity contribution in [1.82, 2.24) is 23.6 Å². The van der Waals surface area contributed by atoms with Gasteiger partial charge in [-0.1, -0.05) is 49.7 Å². The molecule has 0 aliphatic heterocycles. The molecule has 0 aliphatic rings. The van der Waals surface area contributed by atoms with Crippen molar-refractivity contribution in [2.45, 2.75) is 43.6 Å². The second-order valence-corrected chi connectivity index (χ2v) is 8.66. The van der Waals surface area contributed by atoms with Crippen LogP contribution >= 0.6 is 11.8 Å². The monoisotopic (exact) mass is 442 g/mol. The second-order valence-electron chi connectivity index (χ2n) is 7.72.